The van der Waals surface area contributed by atoms with Crippen LogP contribution in [0, 0.1) is 0 Å². The smallest absolute Gasteiger partial charge is 0.0971 e. The third-order valence-electron chi connectivity index (χ3n) is 10.5. The van der Waals surface area contributed by atoms with Crippen molar-refractivity contribution in [3.8, 4) is 33.5 Å². The van der Waals surface area contributed by atoms with Crippen molar-refractivity contribution in [2.45, 2.75) is 5.41 Å². The van der Waals surface area contributed by atoms with Crippen LogP contribution in [0.25, 0.3) is 77.0 Å². The van der Waals surface area contributed by atoms with E-state index in [1.54, 1.807) is 0 Å². The number of rotatable bonds is 1. The summed E-state index contributed by atoms with van der Waals surface area (Å²) in [6.45, 7) is 0. The summed E-state index contributed by atoms with van der Waals surface area (Å²) in [4.78, 5) is 15.2. The fourth-order valence-corrected chi connectivity index (χ4v) is 8.70. The van der Waals surface area contributed by atoms with Crippen LogP contribution in [0.1, 0.15) is 22.3 Å². The molecule has 1 spiro atoms. The van der Waals surface area contributed by atoms with E-state index in [9.17, 15) is 0 Å². The number of hydrogen-bond donors (Lipinski definition) is 0. The molecule has 3 heteroatoms. The van der Waals surface area contributed by atoms with E-state index in [0.29, 0.717) is 0 Å². The highest BCUT2D eigenvalue weighted by molar-refractivity contribution is 6.24. The first-order chi connectivity index (χ1) is 23.3. The summed E-state index contributed by atoms with van der Waals surface area (Å²) in [6, 6.07) is 50.7. The highest BCUT2D eigenvalue weighted by Crippen LogP contribution is 2.63. The first-order valence-electron chi connectivity index (χ1n) is 16.1. The lowest BCUT2D eigenvalue weighted by atomic mass is 9.70. The molecular formula is C44H25N3. The monoisotopic (exact) mass is 595 g/mol. The molecule has 2 aliphatic rings. The van der Waals surface area contributed by atoms with Gasteiger partial charge in [-0.25, -0.2) is 4.98 Å². The van der Waals surface area contributed by atoms with Gasteiger partial charge in [-0.1, -0.05) is 121 Å². The van der Waals surface area contributed by atoms with Gasteiger partial charge in [0.2, 0.25) is 0 Å². The van der Waals surface area contributed by atoms with Crippen molar-refractivity contribution in [3.05, 3.63) is 174 Å². The second kappa shape index (κ2) is 8.96. The molecule has 6 aromatic carbocycles. The van der Waals surface area contributed by atoms with E-state index in [2.05, 4.69) is 133 Å². The number of benzene rings is 6. The molecule has 0 fully saturated rings. The van der Waals surface area contributed by atoms with Gasteiger partial charge in [-0.2, -0.15) is 0 Å². The number of pyridine rings is 3. The standard InChI is InChI=1S/C44H25N3/c1-5-15-35-28(11-1)29-12-2-6-16-36(29)44(35)37-17-7-3-13-30(37)31-21-20-27(24-38(31)44)41-34-25-46-43-33(22-19-26-10-9-23-45-42(26)43)40(34)32-14-4-8-18-39(32)47-41/h1-25H. The van der Waals surface area contributed by atoms with Crippen molar-refractivity contribution in [1.82, 2.24) is 15.0 Å². The second-order valence-electron chi connectivity index (χ2n) is 12.7. The lowest BCUT2D eigenvalue weighted by Gasteiger charge is -2.30. The van der Waals surface area contributed by atoms with Crippen molar-refractivity contribution in [3.63, 3.8) is 0 Å². The fraction of sp³-hybridized carbons (Fsp3) is 0.0227. The maximum atomic E-state index is 5.37. The highest BCUT2D eigenvalue weighted by Gasteiger charge is 2.51. The van der Waals surface area contributed by atoms with Crippen LogP contribution >= 0.6 is 0 Å². The van der Waals surface area contributed by atoms with Gasteiger partial charge in [0.15, 0.2) is 0 Å². The predicted octanol–water partition coefficient (Wildman–Crippen LogP) is 10.5. The van der Waals surface area contributed by atoms with Crippen molar-refractivity contribution in [1.29, 1.82) is 0 Å². The number of para-hydroxylation sites is 1. The quantitative estimate of drug-likeness (QED) is 0.177. The minimum Gasteiger partial charge on any atom is -0.254 e. The van der Waals surface area contributed by atoms with Crippen LogP contribution < -0.4 is 0 Å². The second-order valence-corrected chi connectivity index (χ2v) is 12.7. The Labute approximate surface area is 270 Å². The van der Waals surface area contributed by atoms with Gasteiger partial charge in [0.25, 0.3) is 0 Å². The van der Waals surface area contributed by atoms with Crippen molar-refractivity contribution in [2.24, 2.45) is 0 Å². The number of nitrogens with zero attached hydrogens (tertiary/aromatic N) is 3. The highest BCUT2D eigenvalue weighted by atomic mass is 14.8. The van der Waals surface area contributed by atoms with E-state index in [1.807, 2.05) is 18.5 Å². The third-order valence-corrected chi connectivity index (χ3v) is 10.5. The number of hydrogen-bond acceptors (Lipinski definition) is 3. The lowest BCUT2D eigenvalue weighted by molar-refractivity contribution is 0.794. The Balaban J connectivity index is 1.25. The van der Waals surface area contributed by atoms with Crippen molar-refractivity contribution >= 4 is 43.5 Å². The van der Waals surface area contributed by atoms with Gasteiger partial charge in [-0.15, -0.1) is 0 Å². The van der Waals surface area contributed by atoms with E-state index in [1.165, 1.54) is 49.9 Å². The van der Waals surface area contributed by atoms with Crippen LogP contribution in [-0.2, 0) is 5.41 Å². The zero-order valence-corrected chi connectivity index (χ0v) is 25.3. The van der Waals surface area contributed by atoms with Crippen LogP contribution in [0.4, 0.5) is 0 Å². The predicted molar refractivity (Wildman–Crippen MR) is 192 cm³/mol. The zero-order valence-electron chi connectivity index (χ0n) is 25.3. The molecule has 0 radical (unpaired) electrons. The molecule has 0 unspecified atom stereocenters. The maximum Gasteiger partial charge on any atom is 0.0971 e. The number of fused-ring (bicyclic) bond motifs is 17. The van der Waals surface area contributed by atoms with Crippen molar-refractivity contribution in [2.75, 3.05) is 0 Å². The van der Waals surface area contributed by atoms with Gasteiger partial charge < -0.3 is 0 Å². The van der Waals surface area contributed by atoms with Gasteiger partial charge in [0, 0.05) is 44.9 Å². The zero-order chi connectivity index (χ0) is 30.7. The summed E-state index contributed by atoms with van der Waals surface area (Å²) in [5, 5.41) is 5.52. The number of aromatic nitrogens is 3. The summed E-state index contributed by atoms with van der Waals surface area (Å²) in [5.41, 5.74) is 15.0. The molecule has 2 aliphatic carbocycles. The molecule has 0 saturated carbocycles. The molecule has 216 valence electrons. The Kier molecular flexibility index (Phi) is 4.78. The summed E-state index contributed by atoms with van der Waals surface area (Å²) < 4.78 is 0. The Morgan fingerprint density at radius 1 is 0.447 bits per heavy atom. The van der Waals surface area contributed by atoms with Gasteiger partial charge in [-0.05, 0) is 62.7 Å². The Morgan fingerprint density at radius 2 is 1.11 bits per heavy atom. The summed E-state index contributed by atoms with van der Waals surface area (Å²) in [5.74, 6) is 0. The average Bonchev–Trinajstić information content (AvgIpc) is 3.61. The molecular weight excluding hydrogens is 571 g/mol. The molecule has 0 aliphatic heterocycles. The Hall–Kier alpha value is -6.19. The fourth-order valence-electron chi connectivity index (χ4n) is 8.70. The van der Waals surface area contributed by atoms with Gasteiger partial charge in [0.05, 0.1) is 27.7 Å². The largest absolute Gasteiger partial charge is 0.254 e. The van der Waals surface area contributed by atoms with Gasteiger partial charge in [0.1, 0.15) is 0 Å². The molecule has 3 nitrogen and oxygen atoms in total. The SMILES string of the molecule is c1ccc2c(c1)-c1ccccc1C21c2ccccc2-c2ccc(-c3nc4ccccc4c4c3cnc3c4ccc4cccnc43)cc21. The van der Waals surface area contributed by atoms with Crippen LogP contribution in [0.5, 0.6) is 0 Å². The summed E-state index contributed by atoms with van der Waals surface area (Å²) >= 11 is 0. The van der Waals surface area contributed by atoms with Gasteiger partial charge >= 0.3 is 0 Å². The van der Waals surface area contributed by atoms with E-state index in [0.717, 1.165) is 49.4 Å². The van der Waals surface area contributed by atoms with Crippen LogP contribution in [0.2, 0.25) is 0 Å². The Morgan fingerprint density at radius 3 is 1.85 bits per heavy atom. The average molecular weight is 596 g/mol. The van der Waals surface area contributed by atoms with E-state index in [-0.39, 0.29) is 0 Å². The normalized spacial score (nSPS) is 13.7. The van der Waals surface area contributed by atoms with Crippen molar-refractivity contribution < 1.29 is 0 Å². The molecule has 0 N–H and O–H groups in total. The maximum absolute atomic E-state index is 5.37. The third kappa shape index (κ3) is 3.09. The molecule has 3 aromatic heterocycles. The topological polar surface area (TPSA) is 38.7 Å². The summed E-state index contributed by atoms with van der Waals surface area (Å²) in [7, 11) is 0. The van der Waals surface area contributed by atoms with Crippen LogP contribution in [0.3, 0.4) is 0 Å². The minimum absolute atomic E-state index is 0.405. The molecule has 11 rings (SSSR count). The van der Waals surface area contributed by atoms with E-state index in [4.69, 9.17) is 15.0 Å². The molecule has 0 amide bonds. The first-order valence-corrected chi connectivity index (χ1v) is 16.1. The molecule has 0 atom stereocenters. The van der Waals surface area contributed by atoms with E-state index >= 15 is 0 Å². The van der Waals surface area contributed by atoms with E-state index < -0.39 is 5.41 Å². The molecule has 47 heavy (non-hydrogen) atoms. The van der Waals surface area contributed by atoms with Crippen LogP contribution in [0.15, 0.2) is 152 Å². The summed E-state index contributed by atoms with van der Waals surface area (Å²) in [6.07, 6.45) is 3.86. The lowest BCUT2D eigenvalue weighted by Crippen LogP contribution is -2.25. The molecule has 0 saturated heterocycles. The molecule has 3 heterocycles. The molecule has 0 bridgehead atoms. The minimum atomic E-state index is -0.405. The Bertz CT molecular complexity index is 2750. The van der Waals surface area contributed by atoms with Crippen LogP contribution in [-0.4, -0.2) is 15.0 Å². The molecule has 9 aromatic rings. The first kappa shape index (κ1) is 25.1. The van der Waals surface area contributed by atoms with Gasteiger partial charge in [-0.3, -0.25) is 9.97 Å².